The Morgan fingerprint density at radius 2 is 2.00 bits per heavy atom. The highest BCUT2D eigenvalue weighted by Gasteiger charge is 2.25. The zero-order valence-electron chi connectivity index (χ0n) is 14.1. The van der Waals surface area contributed by atoms with Crippen LogP contribution in [0.25, 0.3) is 21.3 Å². The Morgan fingerprint density at radius 1 is 1.24 bits per heavy atom. The lowest BCUT2D eigenvalue weighted by Gasteiger charge is -2.18. The van der Waals surface area contributed by atoms with E-state index in [4.69, 9.17) is 0 Å². The molecular formula is C18H19N3O3S. The number of carboxylic acid groups (broad SMARTS) is 1. The molecule has 0 amide bonds. The van der Waals surface area contributed by atoms with E-state index in [0.717, 1.165) is 21.3 Å². The van der Waals surface area contributed by atoms with Crippen LogP contribution in [-0.4, -0.2) is 38.3 Å². The Balaban J connectivity index is 2.13. The Bertz CT molecular complexity index is 936. The zero-order valence-corrected chi connectivity index (χ0v) is 15.0. The second-order valence-electron chi connectivity index (χ2n) is 6.05. The predicted molar refractivity (Wildman–Crippen MR) is 99.1 cm³/mol. The summed E-state index contributed by atoms with van der Waals surface area (Å²) in [7, 11) is 0. The molecule has 0 fully saturated rings. The molecule has 2 aromatic heterocycles. The lowest BCUT2D eigenvalue weighted by molar-refractivity contribution is -0.140. The molecule has 0 radical (unpaired) electrons. The van der Waals surface area contributed by atoms with E-state index >= 15 is 0 Å². The zero-order chi connectivity index (χ0) is 18.1. The predicted octanol–water partition coefficient (Wildman–Crippen LogP) is 3.22. The van der Waals surface area contributed by atoms with Crippen LogP contribution in [0.1, 0.15) is 18.1 Å². The number of rotatable bonds is 5. The van der Waals surface area contributed by atoms with Crippen LogP contribution in [0.4, 0.5) is 5.82 Å². The molecule has 0 aliphatic heterocycles. The summed E-state index contributed by atoms with van der Waals surface area (Å²) >= 11 is 1.48. The van der Waals surface area contributed by atoms with Crippen molar-refractivity contribution in [3.63, 3.8) is 0 Å². The van der Waals surface area contributed by atoms with Gasteiger partial charge in [-0.15, -0.1) is 11.3 Å². The molecule has 130 valence electrons. The molecule has 2 unspecified atom stereocenters. The standard InChI is InChI=1S/C18H19N3O3S/c1-9-4-5-12(6-10(9)2)13-7-25-17-14(13)16(19-8-20-17)21-15(11(3)22)18(23)24/h4-8,11,15,22H,1-3H3,(H,23,24)(H,19,20,21). The van der Waals surface area contributed by atoms with E-state index in [9.17, 15) is 15.0 Å². The molecular weight excluding hydrogens is 338 g/mol. The number of aliphatic carboxylic acids is 1. The van der Waals surface area contributed by atoms with Gasteiger partial charge in [0, 0.05) is 10.9 Å². The first-order valence-corrected chi connectivity index (χ1v) is 8.73. The smallest absolute Gasteiger partial charge is 0.328 e. The third kappa shape index (κ3) is 3.33. The van der Waals surface area contributed by atoms with Crippen molar-refractivity contribution in [2.75, 3.05) is 5.32 Å². The normalized spacial score (nSPS) is 13.6. The van der Waals surface area contributed by atoms with Gasteiger partial charge in [-0.25, -0.2) is 14.8 Å². The van der Waals surface area contributed by atoms with Crippen LogP contribution in [0.5, 0.6) is 0 Å². The van der Waals surface area contributed by atoms with E-state index in [-0.39, 0.29) is 0 Å². The van der Waals surface area contributed by atoms with Crippen LogP contribution in [0, 0.1) is 13.8 Å². The Hall–Kier alpha value is -2.51. The Kier molecular flexibility index (Phi) is 4.69. The number of hydrogen-bond acceptors (Lipinski definition) is 6. The van der Waals surface area contributed by atoms with Crippen molar-refractivity contribution < 1.29 is 15.0 Å². The first-order valence-electron chi connectivity index (χ1n) is 7.85. The van der Waals surface area contributed by atoms with Gasteiger partial charge in [0.25, 0.3) is 0 Å². The highest BCUT2D eigenvalue weighted by Crippen LogP contribution is 2.37. The van der Waals surface area contributed by atoms with Crippen molar-refractivity contribution >= 4 is 33.3 Å². The summed E-state index contributed by atoms with van der Waals surface area (Å²) in [5.74, 6) is -0.725. The van der Waals surface area contributed by atoms with Crippen molar-refractivity contribution in [2.24, 2.45) is 0 Å². The van der Waals surface area contributed by atoms with Crippen molar-refractivity contribution in [2.45, 2.75) is 32.9 Å². The third-order valence-corrected chi connectivity index (χ3v) is 5.12. The summed E-state index contributed by atoms with van der Waals surface area (Å²) in [6.45, 7) is 5.54. The fourth-order valence-corrected chi connectivity index (χ4v) is 3.56. The SMILES string of the molecule is Cc1ccc(-c2csc3ncnc(NC(C(=O)O)C(C)O)c23)cc1C. The van der Waals surface area contributed by atoms with Crippen LogP contribution < -0.4 is 5.32 Å². The monoisotopic (exact) mass is 357 g/mol. The van der Waals surface area contributed by atoms with Gasteiger partial charge in [0.1, 0.15) is 17.0 Å². The largest absolute Gasteiger partial charge is 0.480 e. The summed E-state index contributed by atoms with van der Waals surface area (Å²) in [6.07, 6.45) is 0.331. The second kappa shape index (κ2) is 6.78. The Morgan fingerprint density at radius 3 is 2.64 bits per heavy atom. The van der Waals surface area contributed by atoms with Crippen LogP contribution in [-0.2, 0) is 4.79 Å². The van der Waals surface area contributed by atoms with Crippen molar-refractivity contribution in [1.29, 1.82) is 0 Å². The molecule has 1 aromatic carbocycles. The van der Waals surface area contributed by atoms with Gasteiger partial charge in [0.05, 0.1) is 11.5 Å². The maximum atomic E-state index is 11.4. The van der Waals surface area contributed by atoms with Gasteiger partial charge in [0.15, 0.2) is 6.04 Å². The minimum absolute atomic E-state index is 0.410. The first kappa shape index (κ1) is 17.3. The fourth-order valence-electron chi connectivity index (χ4n) is 2.64. The third-order valence-electron chi connectivity index (χ3n) is 4.23. The second-order valence-corrected chi connectivity index (χ2v) is 6.91. The number of nitrogens with one attached hydrogen (secondary N) is 1. The van der Waals surface area contributed by atoms with Gasteiger partial charge < -0.3 is 15.5 Å². The number of anilines is 1. The summed E-state index contributed by atoms with van der Waals surface area (Å²) < 4.78 is 0. The number of hydrogen-bond donors (Lipinski definition) is 3. The van der Waals surface area contributed by atoms with E-state index in [1.807, 2.05) is 11.4 Å². The molecule has 7 heteroatoms. The lowest BCUT2D eigenvalue weighted by atomic mass is 10.0. The number of thiophene rings is 1. The number of fused-ring (bicyclic) bond motifs is 1. The Labute approximate surface area is 149 Å². The average molecular weight is 357 g/mol. The molecule has 0 aliphatic carbocycles. The van der Waals surface area contributed by atoms with E-state index in [0.29, 0.717) is 5.82 Å². The maximum absolute atomic E-state index is 11.4. The molecule has 0 bridgehead atoms. The molecule has 0 aliphatic rings. The van der Waals surface area contributed by atoms with E-state index in [2.05, 4.69) is 41.3 Å². The van der Waals surface area contributed by atoms with Gasteiger partial charge in [-0.1, -0.05) is 18.2 Å². The average Bonchev–Trinajstić information content (AvgIpc) is 2.99. The first-order chi connectivity index (χ1) is 11.9. The van der Waals surface area contributed by atoms with Crippen molar-refractivity contribution in [3.8, 4) is 11.1 Å². The fraction of sp³-hybridized carbons (Fsp3) is 0.278. The van der Waals surface area contributed by atoms with Gasteiger partial charge in [-0.05, 0) is 37.5 Å². The molecule has 2 atom stereocenters. The van der Waals surface area contributed by atoms with E-state index < -0.39 is 18.1 Å². The molecule has 0 spiro atoms. The molecule has 6 nitrogen and oxygen atoms in total. The number of aromatic nitrogens is 2. The number of carboxylic acids is 1. The van der Waals surface area contributed by atoms with Gasteiger partial charge >= 0.3 is 5.97 Å². The number of nitrogens with zero attached hydrogens (tertiary/aromatic N) is 2. The van der Waals surface area contributed by atoms with E-state index in [1.54, 1.807) is 0 Å². The highest BCUT2D eigenvalue weighted by molar-refractivity contribution is 7.17. The topological polar surface area (TPSA) is 95.3 Å². The van der Waals surface area contributed by atoms with Crippen molar-refractivity contribution in [1.82, 2.24) is 9.97 Å². The maximum Gasteiger partial charge on any atom is 0.328 e. The van der Waals surface area contributed by atoms with Gasteiger partial charge in [0.2, 0.25) is 0 Å². The summed E-state index contributed by atoms with van der Waals surface area (Å²) in [5.41, 5.74) is 4.35. The molecule has 3 aromatic rings. The van der Waals surface area contributed by atoms with Crippen molar-refractivity contribution in [3.05, 3.63) is 41.0 Å². The minimum atomic E-state index is -1.15. The van der Waals surface area contributed by atoms with Crippen LogP contribution in [0.3, 0.4) is 0 Å². The van der Waals surface area contributed by atoms with Gasteiger partial charge in [-0.3, -0.25) is 0 Å². The summed E-state index contributed by atoms with van der Waals surface area (Å²) in [4.78, 5) is 20.7. The summed E-state index contributed by atoms with van der Waals surface area (Å²) in [6, 6.07) is 5.03. The molecule has 3 rings (SSSR count). The van der Waals surface area contributed by atoms with Gasteiger partial charge in [-0.2, -0.15) is 0 Å². The van der Waals surface area contributed by atoms with Crippen LogP contribution >= 0.6 is 11.3 Å². The number of aryl methyl sites for hydroxylation is 2. The van der Waals surface area contributed by atoms with Crippen LogP contribution in [0.15, 0.2) is 29.9 Å². The highest BCUT2D eigenvalue weighted by atomic mass is 32.1. The number of carbonyl (C=O) groups is 1. The summed E-state index contributed by atoms with van der Waals surface area (Å²) in [5, 5.41) is 24.7. The quantitative estimate of drug-likeness (QED) is 0.649. The van der Waals surface area contributed by atoms with E-state index in [1.165, 1.54) is 35.7 Å². The van der Waals surface area contributed by atoms with Crippen LogP contribution in [0.2, 0.25) is 0 Å². The molecule has 3 N–H and O–H groups in total. The minimum Gasteiger partial charge on any atom is -0.480 e. The molecule has 25 heavy (non-hydrogen) atoms. The molecule has 0 saturated carbocycles. The lowest BCUT2D eigenvalue weighted by Crippen LogP contribution is -2.39. The number of benzene rings is 1. The number of aliphatic hydroxyl groups excluding tert-OH is 1. The molecule has 0 saturated heterocycles. The molecule has 2 heterocycles. The number of aliphatic hydroxyl groups is 1.